The van der Waals surface area contributed by atoms with Crippen molar-refractivity contribution < 1.29 is 13.2 Å². The number of piperidine rings is 1. The third-order valence-electron chi connectivity index (χ3n) is 6.16. The van der Waals surface area contributed by atoms with Gasteiger partial charge >= 0.3 is 0 Å². The Morgan fingerprint density at radius 1 is 1.13 bits per heavy atom. The van der Waals surface area contributed by atoms with Gasteiger partial charge in [-0.25, -0.2) is 8.42 Å². The molecule has 7 nitrogen and oxygen atoms in total. The molecule has 1 aliphatic rings. The Hall–Kier alpha value is -1.84. The number of carbonyl (C=O) groups excluding carboxylic acids is 1. The monoisotopic (exact) mass is 464 g/mol. The van der Waals surface area contributed by atoms with Gasteiger partial charge < -0.3 is 5.32 Å². The number of anilines is 1. The lowest BCUT2D eigenvalue weighted by atomic mass is 9.97. The van der Waals surface area contributed by atoms with Crippen molar-refractivity contribution in [1.82, 2.24) is 14.5 Å². The van der Waals surface area contributed by atoms with Crippen LogP contribution in [0.15, 0.2) is 11.0 Å². The normalized spacial score (nSPS) is 15.9. The maximum absolute atomic E-state index is 13.4. The number of unbranched alkanes of at least 4 members (excludes halogenated alkanes) is 1. The summed E-state index contributed by atoms with van der Waals surface area (Å²) in [5.41, 5.74) is 3.56. The lowest BCUT2D eigenvalue weighted by Crippen LogP contribution is -2.41. The summed E-state index contributed by atoms with van der Waals surface area (Å²) >= 11 is 1.41. The van der Waals surface area contributed by atoms with Crippen LogP contribution in [0.25, 0.3) is 0 Å². The van der Waals surface area contributed by atoms with E-state index in [0.717, 1.165) is 46.5 Å². The van der Waals surface area contributed by atoms with Crippen molar-refractivity contribution in [2.45, 2.75) is 71.6 Å². The van der Waals surface area contributed by atoms with Crippen molar-refractivity contribution in [3.8, 4) is 0 Å². The van der Waals surface area contributed by atoms with E-state index < -0.39 is 10.0 Å². The minimum absolute atomic E-state index is 0.103. The first-order valence-corrected chi connectivity index (χ1v) is 13.1. The standard InChI is InChI=1S/C22H32N4O3S2/c1-6-7-8-19-24-25-22(30-19)23-21(27)18-9-11-26(12-10-18)31(28,29)20-16(4)14(2)13-15(3)17(20)5/h13,18H,6-12H2,1-5H3,(H,23,25,27). The predicted molar refractivity (Wildman–Crippen MR) is 124 cm³/mol. The third-order valence-corrected chi connectivity index (χ3v) is 9.23. The van der Waals surface area contributed by atoms with E-state index in [9.17, 15) is 13.2 Å². The Morgan fingerprint density at radius 2 is 1.74 bits per heavy atom. The first-order valence-electron chi connectivity index (χ1n) is 10.9. The first-order chi connectivity index (χ1) is 14.6. The quantitative estimate of drug-likeness (QED) is 0.664. The number of sulfonamides is 1. The molecule has 1 aromatic heterocycles. The number of nitrogens with one attached hydrogen (secondary N) is 1. The molecule has 1 N–H and O–H groups in total. The Balaban J connectivity index is 1.65. The number of hydrogen-bond acceptors (Lipinski definition) is 6. The molecule has 1 fully saturated rings. The number of aromatic nitrogens is 2. The number of rotatable bonds is 7. The Bertz CT molecular complexity index is 1030. The lowest BCUT2D eigenvalue weighted by Gasteiger charge is -2.31. The van der Waals surface area contributed by atoms with Gasteiger partial charge in [-0.05, 0) is 69.2 Å². The molecule has 1 aromatic carbocycles. The molecule has 170 valence electrons. The molecule has 0 aliphatic carbocycles. The first kappa shape index (κ1) is 23.8. The number of carbonyl (C=O) groups is 1. The molecule has 1 amide bonds. The fourth-order valence-electron chi connectivity index (χ4n) is 4.00. The van der Waals surface area contributed by atoms with Crippen LogP contribution in [0.1, 0.15) is 59.9 Å². The van der Waals surface area contributed by atoms with Crippen LogP contribution in [-0.2, 0) is 21.2 Å². The summed E-state index contributed by atoms with van der Waals surface area (Å²) in [4.78, 5) is 13.1. The van der Waals surface area contributed by atoms with Gasteiger partial charge in [-0.1, -0.05) is 30.7 Å². The van der Waals surface area contributed by atoms with E-state index in [1.165, 1.54) is 15.6 Å². The highest BCUT2D eigenvalue weighted by Crippen LogP contribution is 2.31. The molecule has 0 unspecified atom stereocenters. The molecule has 0 atom stereocenters. The second kappa shape index (κ2) is 9.75. The summed E-state index contributed by atoms with van der Waals surface area (Å²) in [6.07, 6.45) is 4.00. The fourth-order valence-corrected chi connectivity index (χ4v) is 6.83. The summed E-state index contributed by atoms with van der Waals surface area (Å²) in [5, 5.41) is 12.5. The van der Waals surface area contributed by atoms with E-state index in [0.29, 0.717) is 36.0 Å². The molecule has 2 aromatic rings. The smallest absolute Gasteiger partial charge is 0.243 e. The van der Waals surface area contributed by atoms with E-state index >= 15 is 0 Å². The summed E-state index contributed by atoms with van der Waals surface area (Å²) in [5.74, 6) is -0.329. The number of nitrogens with zero attached hydrogens (tertiary/aromatic N) is 3. The average Bonchev–Trinajstić information content (AvgIpc) is 3.18. The third kappa shape index (κ3) is 5.15. The van der Waals surface area contributed by atoms with E-state index in [-0.39, 0.29) is 11.8 Å². The fraction of sp³-hybridized carbons (Fsp3) is 0.591. The van der Waals surface area contributed by atoms with Crippen molar-refractivity contribution in [2.24, 2.45) is 5.92 Å². The predicted octanol–water partition coefficient (Wildman–Crippen LogP) is 4.15. The van der Waals surface area contributed by atoms with Gasteiger partial charge in [0.1, 0.15) is 5.01 Å². The minimum atomic E-state index is -3.60. The van der Waals surface area contributed by atoms with Gasteiger partial charge in [0.2, 0.25) is 21.1 Å². The number of aryl methyl sites for hydroxylation is 3. The maximum atomic E-state index is 13.4. The van der Waals surface area contributed by atoms with Gasteiger partial charge in [0.25, 0.3) is 0 Å². The molecule has 31 heavy (non-hydrogen) atoms. The van der Waals surface area contributed by atoms with Crippen molar-refractivity contribution in [3.05, 3.63) is 33.3 Å². The average molecular weight is 465 g/mol. The zero-order valence-electron chi connectivity index (χ0n) is 19.0. The van der Waals surface area contributed by atoms with Gasteiger partial charge in [0.15, 0.2) is 0 Å². The molecule has 9 heteroatoms. The lowest BCUT2D eigenvalue weighted by molar-refractivity contribution is -0.120. The zero-order valence-corrected chi connectivity index (χ0v) is 20.6. The molecular formula is C22H32N4O3S2. The van der Waals surface area contributed by atoms with Gasteiger partial charge in [0, 0.05) is 25.4 Å². The van der Waals surface area contributed by atoms with E-state index in [4.69, 9.17) is 0 Å². The zero-order chi connectivity index (χ0) is 22.8. The van der Waals surface area contributed by atoms with Gasteiger partial charge in [-0.15, -0.1) is 10.2 Å². The van der Waals surface area contributed by atoms with Crippen LogP contribution in [0.2, 0.25) is 0 Å². The topological polar surface area (TPSA) is 92.3 Å². The molecular weight excluding hydrogens is 432 g/mol. The summed E-state index contributed by atoms with van der Waals surface area (Å²) in [6.45, 7) is 10.4. The molecule has 2 heterocycles. The van der Waals surface area contributed by atoms with Crippen LogP contribution in [0, 0.1) is 33.6 Å². The molecule has 0 bridgehead atoms. The minimum Gasteiger partial charge on any atom is -0.300 e. The Labute approximate surface area is 189 Å². The highest BCUT2D eigenvalue weighted by atomic mass is 32.2. The second-order valence-corrected chi connectivity index (χ2v) is 11.3. The van der Waals surface area contributed by atoms with Crippen molar-refractivity contribution in [1.29, 1.82) is 0 Å². The van der Waals surface area contributed by atoms with Gasteiger partial charge in [-0.2, -0.15) is 4.31 Å². The largest absolute Gasteiger partial charge is 0.300 e. The highest BCUT2D eigenvalue weighted by Gasteiger charge is 2.34. The number of amides is 1. The van der Waals surface area contributed by atoms with E-state index in [1.54, 1.807) is 0 Å². The SMILES string of the molecule is CCCCc1nnc(NC(=O)C2CCN(S(=O)(=O)c3c(C)c(C)cc(C)c3C)CC2)s1. The van der Waals surface area contributed by atoms with Gasteiger partial charge in [0.05, 0.1) is 4.90 Å². The van der Waals surface area contributed by atoms with Crippen LogP contribution in [0.3, 0.4) is 0 Å². The van der Waals surface area contributed by atoms with Crippen molar-refractivity contribution in [3.63, 3.8) is 0 Å². The summed E-state index contributed by atoms with van der Waals surface area (Å²) in [6, 6.07) is 2.03. The van der Waals surface area contributed by atoms with Gasteiger partial charge in [-0.3, -0.25) is 4.79 Å². The second-order valence-electron chi connectivity index (χ2n) is 8.36. The molecule has 0 spiro atoms. The molecule has 1 aliphatic heterocycles. The Kier molecular flexibility index (Phi) is 7.49. The van der Waals surface area contributed by atoms with E-state index in [1.807, 2.05) is 33.8 Å². The molecule has 3 rings (SSSR count). The Morgan fingerprint density at radius 3 is 2.32 bits per heavy atom. The van der Waals surface area contributed by atoms with Crippen molar-refractivity contribution in [2.75, 3.05) is 18.4 Å². The van der Waals surface area contributed by atoms with Crippen LogP contribution >= 0.6 is 11.3 Å². The maximum Gasteiger partial charge on any atom is 0.243 e. The molecule has 0 radical (unpaired) electrons. The van der Waals surface area contributed by atoms with Crippen molar-refractivity contribution >= 4 is 32.4 Å². The summed E-state index contributed by atoms with van der Waals surface area (Å²) in [7, 11) is -3.60. The number of hydrogen-bond donors (Lipinski definition) is 1. The molecule has 0 saturated carbocycles. The highest BCUT2D eigenvalue weighted by molar-refractivity contribution is 7.89. The van der Waals surface area contributed by atoms with E-state index in [2.05, 4.69) is 22.4 Å². The van der Waals surface area contributed by atoms with Crippen LogP contribution in [0.4, 0.5) is 5.13 Å². The summed E-state index contributed by atoms with van der Waals surface area (Å²) < 4.78 is 28.3. The van der Waals surface area contributed by atoms with Crippen LogP contribution < -0.4 is 5.32 Å². The van der Waals surface area contributed by atoms with Crippen LogP contribution in [-0.4, -0.2) is 41.9 Å². The number of benzene rings is 1. The molecule has 1 saturated heterocycles. The van der Waals surface area contributed by atoms with Crippen LogP contribution in [0.5, 0.6) is 0 Å².